The quantitative estimate of drug-likeness (QED) is 0.826. The molecule has 8 nitrogen and oxygen atoms in total. The highest BCUT2D eigenvalue weighted by Crippen LogP contribution is 2.35. The van der Waals surface area contributed by atoms with Crippen LogP contribution in [-0.4, -0.2) is 37.2 Å². The maximum atomic E-state index is 12.1. The minimum atomic E-state index is -0.985. The number of aromatic carboxylic acids is 1. The Morgan fingerprint density at radius 1 is 1.35 bits per heavy atom. The van der Waals surface area contributed by atoms with E-state index < -0.39 is 5.97 Å². The van der Waals surface area contributed by atoms with Crippen LogP contribution in [0.25, 0.3) is 0 Å². The molecule has 0 saturated heterocycles. The van der Waals surface area contributed by atoms with E-state index in [-0.39, 0.29) is 23.9 Å². The van der Waals surface area contributed by atoms with Crippen molar-refractivity contribution in [1.82, 2.24) is 25.5 Å². The van der Waals surface area contributed by atoms with Crippen LogP contribution in [0, 0.1) is 0 Å². The minimum Gasteiger partial charge on any atom is -0.478 e. The molecular formula is C15H17N5O3. The van der Waals surface area contributed by atoms with E-state index in [0.717, 1.165) is 18.4 Å². The summed E-state index contributed by atoms with van der Waals surface area (Å²) in [6, 6.07) is 6.33. The predicted molar refractivity (Wildman–Crippen MR) is 79.8 cm³/mol. The minimum absolute atomic E-state index is 0.161. The van der Waals surface area contributed by atoms with Crippen LogP contribution in [0.5, 0.6) is 0 Å². The van der Waals surface area contributed by atoms with E-state index in [4.69, 9.17) is 5.11 Å². The molecule has 120 valence electrons. The lowest BCUT2D eigenvalue weighted by molar-refractivity contribution is -0.121. The number of aromatic nitrogens is 4. The molecule has 1 heterocycles. The van der Waals surface area contributed by atoms with Crippen molar-refractivity contribution >= 4 is 11.9 Å². The van der Waals surface area contributed by atoms with Crippen LogP contribution < -0.4 is 5.32 Å². The average molecular weight is 315 g/mol. The van der Waals surface area contributed by atoms with E-state index in [0.29, 0.717) is 11.9 Å². The van der Waals surface area contributed by atoms with Gasteiger partial charge >= 0.3 is 5.97 Å². The molecule has 0 bridgehead atoms. The highest BCUT2D eigenvalue weighted by molar-refractivity contribution is 5.87. The van der Waals surface area contributed by atoms with E-state index in [9.17, 15) is 9.59 Å². The van der Waals surface area contributed by atoms with Gasteiger partial charge in [-0.1, -0.05) is 12.1 Å². The Morgan fingerprint density at radius 3 is 2.65 bits per heavy atom. The van der Waals surface area contributed by atoms with Crippen LogP contribution in [0.1, 0.15) is 53.6 Å². The maximum absolute atomic E-state index is 12.1. The van der Waals surface area contributed by atoms with Crippen molar-refractivity contribution in [3.8, 4) is 0 Å². The molecule has 1 atom stereocenters. The van der Waals surface area contributed by atoms with E-state index in [1.54, 1.807) is 16.8 Å². The van der Waals surface area contributed by atoms with Crippen LogP contribution in [-0.2, 0) is 11.2 Å². The molecule has 1 amide bonds. The second-order valence-electron chi connectivity index (χ2n) is 5.68. The molecule has 2 N–H and O–H groups in total. The smallest absolute Gasteiger partial charge is 0.335 e. The molecule has 0 aliphatic heterocycles. The lowest BCUT2D eigenvalue weighted by Crippen LogP contribution is -2.30. The Morgan fingerprint density at radius 2 is 2.04 bits per heavy atom. The molecule has 1 aliphatic rings. The molecule has 8 heteroatoms. The average Bonchev–Trinajstić information content (AvgIpc) is 3.24. The first-order valence-corrected chi connectivity index (χ1v) is 7.44. The van der Waals surface area contributed by atoms with Crippen LogP contribution >= 0.6 is 0 Å². The van der Waals surface area contributed by atoms with Gasteiger partial charge in [0.15, 0.2) is 5.82 Å². The molecular weight excluding hydrogens is 298 g/mol. The monoisotopic (exact) mass is 315 g/mol. The summed E-state index contributed by atoms with van der Waals surface area (Å²) in [5.74, 6) is -0.491. The fraction of sp³-hybridized carbons (Fsp3) is 0.400. The zero-order valence-corrected chi connectivity index (χ0v) is 12.6. The largest absolute Gasteiger partial charge is 0.478 e. The van der Waals surface area contributed by atoms with Gasteiger partial charge in [0.2, 0.25) is 5.91 Å². The molecule has 1 saturated carbocycles. The van der Waals surface area contributed by atoms with Gasteiger partial charge in [-0.25, -0.2) is 9.48 Å². The van der Waals surface area contributed by atoms with Crippen molar-refractivity contribution in [2.75, 3.05) is 0 Å². The van der Waals surface area contributed by atoms with Gasteiger partial charge in [0.05, 0.1) is 24.1 Å². The lowest BCUT2D eigenvalue weighted by atomic mass is 10.1. The molecule has 1 unspecified atom stereocenters. The highest BCUT2D eigenvalue weighted by atomic mass is 16.4. The van der Waals surface area contributed by atoms with Crippen LogP contribution in [0.2, 0.25) is 0 Å². The van der Waals surface area contributed by atoms with Gasteiger partial charge in [-0.3, -0.25) is 4.79 Å². The molecule has 1 aliphatic carbocycles. The number of hydrogen-bond donors (Lipinski definition) is 2. The number of hydrogen-bond acceptors (Lipinski definition) is 5. The summed E-state index contributed by atoms with van der Waals surface area (Å²) < 4.78 is 1.77. The van der Waals surface area contributed by atoms with Crippen molar-refractivity contribution in [1.29, 1.82) is 0 Å². The molecule has 1 aromatic heterocycles. The third-order valence-corrected chi connectivity index (χ3v) is 3.74. The number of tetrazole rings is 1. The standard InChI is InChI=1S/C15H17N5O3/c1-9(14-17-18-19-20(14)12-6-7-12)16-13(21)8-10-2-4-11(5-3-10)15(22)23/h2-5,9,12H,6-8H2,1H3,(H,16,21)(H,22,23). The van der Waals surface area contributed by atoms with E-state index in [1.165, 1.54) is 12.1 Å². The Bertz CT molecular complexity index is 721. The second-order valence-corrected chi connectivity index (χ2v) is 5.68. The molecule has 1 aromatic carbocycles. The van der Waals surface area contributed by atoms with Gasteiger partial charge in [0, 0.05) is 0 Å². The summed E-state index contributed by atoms with van der Waals surface area (Å²) in [6.07, 6.45) is 2.30. The van der Waals surface area contributed by atoms with Gasteiger partial charge in [-0.15, -0.1) is 5.10 Å². The maximum Gasteiger partial charge on any atom is 0.335 e. The number of amides is 1. The number of nitrogens with one attached hydrogen (secondary N) is 1. The zero-order valence-electron chi connectivity index (χ0n) is 12.6. The molecule has 23 heavy (non-hydrogen) atoms. The van der Waals surface area contributed by atoms with Crippen molar-refractivity contribution in [3.63, 3.8) is 0 Å². The third-order valence-electron chi connectivity index (χ3n) is 3.74. The summed E-state index contributed by atoms with van der Waals surface area (Å²) in [5.41, 5.74) is 0.952. The van der Waals surface area contributed by atoms with E-state index >= 15 is 0 Å². The summed E-state index contributed by atoms with van der Waals surface area (Å²) >= 11 is 0. The number of benzene rings is 1. The number of carbonyl (C=O) groups is 2. The van der Waals surface area contributed by atoms with Gasteiger partial charge in [-0.05, 0) is 47.9 Å². The SMILES string of the molecule is CC(NC(=O)Cc1ccc(C(=O)O)cc1)c1nnnn1C1CC1. The van der Waals surface area contributed by atoms with Crippen molar-refractivity contribution in [2.45, 2.75) is 38.3 Å². The van der Waals surface area contributed by atoms with Crippen molar-refractivity contribution < 1.29 is 14.7 Å². The van der Waals surface area contributed by atoms with Gasteiger partial charge in [0.1, 0.15) is 0 Å². The fourth-order valence-electron chi connectivity index (χ4n) is 2.37. The number of nitrogens with zero attached hydrogens (tertiary/aromatic N) is 4. The molecule has 3 rings (SSSR count). The lowest BCUT2D eigenvalue weighted by Gasteiger charge is -2.13. The van der Waals surface area contributed by atoms with E-state index in [2.05, 4.69) is 20.8 Å². The molecule has 0 radical (unpaired) electrons. The van der Waals surface area contributed by atoms with Gasteiger partial charge in [0.25, 0.3) is 0 Å². The number of rotatable bonds is 6. The first-order valence-electron chi connectivity index (χ1n) is 7.44. The Balaban J connectivity index is 1.60. The number of carboxylic acid groups (broad SMARTS) is 1. The topological polar surface area (TPSA) is 110 Å². The zero-order chi connectivity index (χ0) is 16.4. The summed E-state index contributed by atoms with van der Waals surface area (Å²) in [7, 11) is 0. The molecule has 1 fully saturated rings. The van der Waals surface area contributed by atoms with Crippen molar-refractivity contribution in [3.05, 3.63) is 41.2 Å². The molecule has 0 spiro atoms. The Hall–Kier alpha value is -2.77. The number of carbonyl (C=O) groups excluding carboxylic acids is 1. The molecule has 2 aromatic rings. The fourth-order valence-corrected chi connectivity index (χ4v) is 2.37. The Kier molecular flexibility index (Phi) is 4.05. The first kappa shape index (κ1) is 15.1. The third kappa shape index (κ3) is 3.53. The van der Waals surface area contributed by atoms with E-state index in [1.807, 2.05) is 6.92 Å². The second kappa shape index (κ2) is 6.15. The summed E-state index contributed by atoms with van der Waals surface area (Å²) in [5, 5.41) is 23.4. The summed E-state index contributed by atoms with van der Waals surface area (Å²) in [6.45, 7) is 1.84. The normalized spacial score (nSPS) is 15.2. The van der Waals surface area contributed by atoms with Gasteiger partial charge < -0.3 is 10.4 Å². The van der Waals surface area contributed by atoms with Crippen molar-refractivity contribution in [2.24, 2.45) is 0 Å². The van der Waals surface area contributed by atoms with Gasteiger partial charge in [-0.2, -0.15) is 0 Å². The first-order chi connectivity index (χ1) is 11.0. The van der Waals surface area contributed by atoms with Crippen LogP contribution in [0.3, 0.4) is 0 Å². The highest BCUT2D eigenvalue weighted by Gasteiger charge is 2.29. The summed E-state index contributed by atoms with van der Waals surface area (Å²) in [4.78, 5) is 22.9. The predicted octanol–water partition coefficient (Wildman–Crippen LogP) is 1.13. The number of carboxylic acids is 1. The Labute approximate surface area is 132 Å². The van der Waals surface area contributed by atoms with Crippen LogP contribution in [0.15, 0.2) is 24.3 Å². The van der Waals surface area contributed by atoms with Crippen LogP contribution in [0.4, 0.5) is 0 Å².